The Morgan fingerprint density at radius 1 is 1.32 bits per heavy atom. The standard InChI is InChI=1S/C16H24N2O3S/c1-22(20)10-9-17-16(19)18-12-13-5-4-8-15(11-13)21-14-6-2-3-7-14/h4-5,8,11,14H,2-3,6-7,9-10,12H2,1H3,(H2,17,18,19)/t22-/m1/s1. The number of benzene rings is 1. The van der Waals surface area contributed by atoms with Crippen LogP contribution in [0, 0.1) is 0 Å². The Bertz CT molecular complexity index is 516. The molecule has 2 rings (SSSR count). The van der Waals surface area contributed by atoms with E-state index in [9.17, 15) is 9.00 Å². The van der Waals surface area contributed by atoms with Crippen molar-refractivity contribution in [1.82, 2.24) is 10.6 Å². The number of hydrogen-bond acceptors (Lipinski definition) is 3. The van der Waals surface area contributed by atoms with Crippen molar-refractivity contribution < 1.29 is 13.7 Å². The highest BCUT2D eigenvalue weighted by molar-refractivity contribution is 7.84. The van der Waals surface area contributed by atoms with Crippen molar-refractivity contribution in [3.63, 3.8) is 0 Å². The van der Waals surface area contributed by atoms with Gasteiger partial charge in [0, 0.05) is 35.9 Å². The summed E-state index contributed by atoms with van der Waals surface area (Å²) in [5, 5.41) is 5.47. The van der Waals surface area contributed by atoms with E-state index < -0.39 is 10.8 Å². The predicted molar refractivity (Wildman–Crippen MR) is 88.5 cm³/mol. The highest BCUT2D eigenvalue weighted by atomic mass is 32.2. The molecule has 1 aliphatic rings. The lowest BCUT2D eigenvalue weighted by molar-refractivity contribution is 0.209. The van der Waals surface area contributed by atoms with Gasteiger partial charge in [0.1, 0.15) is 5.75 Å². The molecule has 1 atom stereocenters. The molecule has 1 aromatic rings. The molecule has 122 valence electrons. The number of urea groups is 1. The Morgan fingerprint density at radius 3 is 2.82 bits per heavy atom. The molecule has 6 heteroatoms. The number of hydrogen-bond donors (Lipinski definition) is 2. The Morgan fingerprint density at radius 2 is 2.09 bits per heavy atom. The largest absolute Gasteiger partial charge is 0.490 e. The van der Waals surface area contributed by atoms with E-state index in [2.05, 4.69) is 10.6 Å². The van der Waals surface area contributed by atoms with Crippen LogP contribution in [0.15, 0.2) is 24.3 Å². The third kappa shape index (κ3) is 6.05. The summed E-state index contributed by atoms with van der Waals surface area (Å²) in [6.45, 7) is 0.864. The van der Waals surface area contributed by atoms with Crippen LogP contribution in [0.5, 0.6) is 5.75 Å². The van der Waals surface area contributed by atoms with Gasteiger partial charge >= 0.3 is 6.03 Å². The predicted octanol–water partition coefficient (Wildman–Crippen LogP) is 2.19. The summed E-state index contributed by atoms with van der Waals surface area (Å²) in [6, 6.07) is 7.59. The highest BCUT2D eigenvalue weighted by Gasteiger charge is 2.16. The zero-order valence-electron chi connectivity index (χ0n) is 13.0. The van der Waals surface area contributed by atoms with Gasteiger partial charge in [-0.1, -0.05) is 12.1 Å². The molecule has 0 saturated heterocycles. The molecule has 1 fully saturated rings. The number of nitrogens with one attached hydrogen (secondary N) is 2. The molecule has 1 aliphatic carbocycles. The number of ether oxygens (including phenoxy) is 1. The fourth-order valence-electron chi connectivity index (χ4n) is 2.48. The van der Waals surface area contributed by atoms with Crippen molar-refractivity contribution in [1.29, 1.82) is 0 Å². The fraction of sp³-hybridized carbons (Fsp3) is 0.562. The number of rotatable bonds is 7. The molecule has 0 heterocycles. The van der Waals surface area contributed by atoms with Crippen LogP contribution in [0.25, 0.3) is 0 Å². The first-order chi connectivity index (χ1) is 10.6. The van der Waals surface area contributed by atoms with Crippen LogP contribution in [-0.4, -0.2) is 34.9 Å². The van der Waals surface area contributed by atoms with E-state index in [1.165, 1.54) is 12.8 Å². The molecular formula is C16H24N2O3S. The first-order valence-electron chi connectivity index (χ1n) is 7.71. The minimum absolute atomic E-state index is 0.243. The van der Waals surface area contributed by atoms with E-state index in [1.54, 1.807) is 6.26 Å². The summed E-state index contributed by atoms with van der Waals surface area (Å²) in [5.74, 6) is 1.34. The van der Waals surface area contributed by atoms with Crippen LogP contribution < -0.4 is 15.4 Å². The first kappa shape index (κ1) is 16.8. The van der Waals surface area contributed by atoms with E-state index >= 15 is 0 Å². The molecule has 22 heavy (non-hydrogen) atoms. The van der Waals surface area contributed by atoms with E-state index in [1.807, 2.05) is 24.3 Å². The maximum absolute atomic E-state index is 11.6. The molecule has 1 saturated carbocycles. The molecular weight excluding hydrogens is 300 g/mol. The van der Waals surface area contributed by atoms with Crippen LogP contribution in [0.4, 0.5) is 4.79 Å². The molecule has 0 spiro atoms. The average Bonchev–Trinajstić information content (AvgIpc) is 2.98. The second-order valence-corrected chi connectivity index (χ2v) is 7.11. The maximum atomic E-state index is 11.6. The van der Waals surface area contributed by atoms with Gasteiger partial charge < -0.3 is 15.4 Å². The van der Waals surface area contributed by atoms with Crippen LogP contribution in [0.2, 0.25) is 0 Å². The maximum Gasteiger partial charge on any atom is 0.315 e. The molecule has 2 amide bonds. The Kier molecular flexibility index (Phi) is 6.71. The Labute approximate surface area is 134 Å². The molecule has 0 aromatic heterocycles. The Hall–Kier alpha value is -1.56. The summed E-state index contributed by atoms with van der Waals surface area (Å²) in [6.07, 6.45) is 6.70. The lowest BCUT2D eigenvalue weighted by atomic mass is 10.2. The zero-order valence-corrected chi connectivity index (χ0v) is 13.8. The molecule has 2 N–H and O–H groups in total. The fourth-order valence-corrected chi connectivity index (χ4v) is 2.87. The molecule has 0 radical (unpaired) electrons. The van der Waals surface area contributed by atoms with Gasteiger partial charge in [-0.3, -0.25) is 4.21 Å². The van der Waals surface area contributed by atoms with E-state index in [0.29, 0.717) is 24.9 Å². The molecule has 0 unspecified atom stereocenters. The monoisotopic (exact) mass is 324 g/mol. The minimum atomic E-state index is -0.887. The van der Waals surface area contributed by atoms with Gasteiger partial charge in [-0.15, -0.1) is 0 Å². The summed E-state index contributed by atoms with van der Waals surface area (Å²) in [7, 11) is -0.887. The van der Waals surface area contributed by atoms with Gasteiger partial charge in [-0.05, 0) is 43.4 Å². The SMILES string of the molecule is C[S@@](=O)CCNC(=O)NCc1cccc(OC2CCCC2)c1. The van der Waals surface area contributed by atoms with Crippen molar-refractivity contribution in [2.45, 2.75) is 38.3 Å². The van der Waals surface area contributed by atoms with Gasteiger partial charge in [0.15, 0.2) is 0 Å². The normalized spacial score (nSPS) is 16.2. The van der Waals surface area contributed by atoms with Gasteiger partial charge in [0.25, 0.3) is 0 Å². The second-order valence-electron chi connectivity index (χ2n) is 5.56. The van der Waals surface area contributed by atoms with Gasteiger partial charge in [-0.25, -0.2) is 4.79 Å². The minimum Gasteiger partial charge on any atom is -0.490 e. The van der Waals surface area contributed by atoms with E-state index in [0.717, 1.165) is 24.2 Å². The number of amides is 2. The highest BCUT2D eigenvalue weighted by Crippen LogP contribution is 2.24. The summed E-state index contributed by atoms with van der Waals surface area (Å²) < 4.78 is 16.9. The third-order valence-electron chi connectivity index (χ3n) is 3.63. The average molecular weight is 324 g/mol. The van der Waals surface area contributed by atoms with E-state index in [4.69, 9.17) is 4.74 Å². The van der Waals surface area contributed by atoms with Crippen LogP contribution in [0.1, 0.15) is 31.2 Å². The summed E-state index contributed by atoms with van der Waals surface area (Å²) >= 11 is 0. The van der Waals surface area contributed by atoms with Crippen LogP contribution in [0.3, 0.4) is 0 Å². The lowest BCUT2D eigenvalue weighted by Crippen LogP contribution is -2.37. The van der Waals surface area contributed by atoms with E-state index in [-0.39, 0.29) is 6.03 Å². The van der Waals surface area contributed by atoms with Crippen molar-refractivity contribution in [3.05, 3.63) is 29.8 Å². The molecule has 0 bridgehead atoms. The van der Waals surface area contributed by atoms with Crippen molar-refractivity contribution in [2.24, 2.45) is 0 Å². The molecule has 0 aliphatic heterocycles. The molecule has 1 aromatic carbocycles. The van der Waals surface area contributed by atoms with Crippen molar-refractivity contribution >= 4 is 16.8 Å². The number of carbonyl (C=O) groups is 1. The van der Waals surface area contributed by atoms with Gasteiger partial charge in [0.2, 0.25) is 0 Å². The van der Waals surface area contributed by atoms with Crippen molar-refractivity contribution in [2.75, 3.05) is 18.6 Å². The quantitative estimate of drug-likeness (QED) is 0.808. The van der Waals surface area contributed by atoms with Crippen LogP contribution in [-0.2, 0) is 17.3 Å². The molecule has 5 nitrogen and oxygen atoms in total. The lowest BCUT2D eigenvalue weighted by Gasteiger charge is -2.14. The first-order valence-corrected chi connectivity index (χ1v) is 9.43. The smallest absolute Gasteiger partial charge is 0.315 e. The zero-order chi connectivity index (χ0) is 15.8. The third-order valence-corrected chi connectivity index (χ3v) is 4.41. The van der Waals surface area contributed by atoms with Gasteiger partial charge in [-0.2, -0.15) is 0 Å². The summed E-state index contributed by atoms with van der Waals surface area (Å²) in [4.78, 5) is 11.6. The Balaban J connectivity index is 1.75. The summed E-state index contributed by atoms with van der Waals surface area (Å²) in [5.41, 5.74) is 1.00. The van der Waals surface area contributed by atoms with Crippen molar-refractivity contribution in [3.8, 4) is 5.75 Å². The topological polar surface area (TPSA) is 67.4 Å². The second kappa shape index (κ2) is 8.78. The van der Waals surface area contributed by atoms with Crippen LogP contribution >= 0.6 is 0 Å². The van der Waals surface area contributed by atoms with Gasteiger partial charge in [0.05, 0.1) is 6.10 Å². The number of carbonyl (C=O) groups excluding carboxylic acids is 1.